The smallest absolute Gasteiger partial charge is 0.0701 e. The highest BCUT2D eigenvalue weighted by Gasteiger charge is 2.38. The summed E-state index contributed by atoms with van der Waals surface area (Å²) in [7, 11) is 0. The molecule has 0 bridgehead atoms. The van der Waals surface area contributed by atoms with Crippen molar-refractivity contribution in [1.29, 1.82) is 0 Å². The van der Waals surface area contributed by atoms with Crippen LogP contribution in [0.15, 0.2) is 322 Å². The van der Waals surface area contributed by atoms with Gasteiger partial charge in [0, 0.05) is 68.2 Å². The third-order valence-corrected chi connectivity index (χ3v) is 14.4. The highest BCUT2D eigenvalue weighted by molar-refractivity contribution is 5.72. The Hall–Kier alpha value is -10.7. The summed E-state index contributed by atoms with van der Waals surface area (Å²) >= 11 is 0. The van der Waals surface area contributed by atoms with E-state index in [0.29, 0.717) is 0 Å². The fourth-order valence-electron chi connectivity index (χ4n) is 10.5. The molecule has 0 aliphatic heterocycles. The first-order valence-corrected chi connectivity index (χ1v) is 27.1. The van der Waals surface area contributed by atoms with E-state index in [2.05, 4.69) is 299 Å². The first kappa shape index (κ1) is 50.1. The molecule has 0 spiro atoms. The minimum absolute atomic E-state index is 0.722. The average Bonchev–Trinajstić information content (AvgIpc) is 3.52. The Balaban J connectivity index is 0.878. The molecule has 0 heterocycles. The Kier molecular flexibility index (Phi) is 14.8. The van der Waals surface area contributed by atoms with Crippen LogP contribution in [0.4, 0.5) is 68.2 Å². The van der Waals surface area contributed by atoms with Crippen LogP contribution in [-0.4, -0.2) is 0 Å². The van der Waals surface area contributed by atoms with Crippen LogP contribution < -0.4 is 31.9 Å². The standard InChI is InChI=1S/C74H59N6/c1-6-16-61(17-7-1)75-66-40-26-54(27-41-66)73(55-28-42-67(43-29-55)76-62-18-8-2-9-19-62)56-30-44-68(45-31-56)80-72-52-38-60(39-53-72)74(57-32-46-69(47-33-57)77-63-20-10-3-11-21-63,58-34-48-70(49-35-58)78-64-22-12-4-13-23-64)59-36-50-71(51-37-59)79-65-24-14-5-15-25-65/h1-53,75-80H/q+1. The van der Waals surface area contributed by atoms with Gasteiger partial charge in [-0.05, 0) is 204 Å². The lowest BCUT2D eigenvalue weighted by Crippen LogP contribution is -2.31. The van der Waals surface area contributed by atoms with Crippen LogP contribution in [0.5, 0.6) is 0 Å². The van der Waals surface area contributed by atoms with E-state index in [0.717, 1.165) is 113 Å². The second-order valence-corrected chi connectivity index (χ2v) is 19.7. The van der Waals surface area contributed by atoms with Gasteiger partial charge in [0.15, 0.2) is 0 Å². The maximum atomic E-state index is 3.75. The van der Waals surface area contributed by atoms with Crippen LogP contribution in [0.1, 0.15) is 38.9 Å². The summed E-state index contributed by atoms with van der Waals surface area (Å²) in [6.45, 7) is 0. The van der Waals surface area contributed by atoms with Crippen LogP contribution >= 0.6 is 0 Å². The summed E-state index contributed by atoms with van der Waals surface area (Å²) in [5.41, 5.74) is 19.4. The number of benzene rings is 12. The first-order chi connectivity index (χ1) is 39.6. The molecule has 0 saturated carbocycles. The zero-order chi connectivity index (χ0) is 53.8. The predicted octanol–water partition coefficient (Wildman–Crippen LogP) is 19.6. The van der Waals surface area contributed by atoms with Gasteiger partial charge in [-0.15, -0.1) is 0 Å². The minimum Gasteiger partial charge on any atom is -0.356 e. The highest BCUT2D eigenvalue weighted by atomic mass is 14.9. The minimum atomic E-state index is -0.722. The number of para-hydroxylation sites is 5. The maximum absolute atomic E-state index is 3.75. The normalized spacial score (nSPS) is 11.0. The van der Waals surface area contributed by atoms with Gasteiger partial charge in [-0.2, -0.15) is 0 Å². The van der Waals surface area contributed by atoms with Crippen molar-refractivity contribution in [2.75, 3.05) is 31.9 Å². The van der Waals surface area contributed by atoms with Gasteiger partial charge in [0.1, 0.15) is 0 Å². The van der Waals surface area contributed by atoms with Crippen molar-refractivity contribution in [3.05, 3.63) is 366 Å². The second kappa shape index (κ2) is 23.7. The number of hydrogen-bond acceptors (Lipinski definition) is 6. The summed E-state index contributed by atoms with van der Waals surface area (Å²) in [6, 6.07) is 113. The molecule has 0 saturated heterocycles. The van der Waals surface area contributed by atoms with E-state index >= 15 is 0 Å². The van der Waals surface area contributed by atoms with Gasteiger partial charge in [0.25, 0.3) is 0 Å². The van der Waals surface area contributed by atoms with Gasteiger partial charge >= 0.3 is 0 Å². The molecular weight excluding hydrogens is 973 g/mol. The Morgan fingerprint density at radius 1 is 0.163 bits per heavy atom. The van der Waals surface area contributed by atoms with E-state index in [9.17, 15) is 0 Å². The van der Waals surface area contributed by atoms with E-state index in [1.165, 1.54) is 0 Å². The Morgan fingerprint density at radius 2 is 0.312 bits per heavy atom. The molecule has 0 unspecified atom stereocenters. The number of anilines is 12. The molecule has 0 aliphatic carbocycles. The third kappa shape index (κ3) is 11.7. The predicted molar refractivity (Wildman–Crippen MR) is 337 cm³/mol. The Labute approximate surface area is 469 Å². The summed E-state index contributed by atoms with van der Waals surface area (Å²) in [6.07, 6.45) is 0. The van der Waals surface area contributed by atoms with E-state index in [1.54, 1.807) is 0 Å². The third-order valence-electron chi connectivity index (χ3n) is 14.4. The number of hydrogen-bond donors (Lipinski definition) is 6. The van der Waals surface area contributed by atoms with Crippen LogP contribution in [0.2, 0.25) is 0 Å². The van der Waals surface area contributed by atoms with E-state index in [4.69, 9.17) is 0 Å². The van der Waals surface area contributed by atoms with Crippen molar-refractivity contribution in [1.82, 2.24) is 0 Å². The molecule has 0 radical (unpaired) electrons. The van der Waals surface area contributed by atoms with Crippen molar-refractivity contribution < 1.29 is 0 Å². The van der Waals surface area contributed by atoms with Gasteiger partial charge < -0.3 is 31.9 Å². The Bertz CT molecular complexity index is 3550. The number of nitrogens with one attached hydrogen (secondary N) is 6. The van der Waals surface area contributed by atoms with Gasteiger partial charge in [-0.25, -0.2) is 0 Å². The molecule has 6 nitrogen and oxygen atoms in total. The lowest BCUT2D eigenvalue weighted by Gasteiger charge is -2.37. The van der Waals surface area contributed by atoms with Gasteiger partial charge in [-0.1, -0.05) is 140 Å². The van der Waals surface area contributed by atoms with E-state index < -0.39 is 5.41 Å². The molecule has 80 heavy (non-hydrogen) atoms. The van der Waals surface area contributed by atoms with Crippen molar-refractivity contribution in [2.24, 2.45) is 0 Å². The van der Waals surface area contributed by atoms with Gasteiger partial charge in [0.2, 0.25) is 0 Å². The fourth-order valence-corrected chi connectivity index (χ4v) is 10.5. The summed E-state index contributed by atoms with van der Waals surface area (Å²) in [5, 5.41) is 21.7. The molecule has 12 aromatic carbocycles. The topological polar surface area (TPSA) is 72.2 Å². The molecule has 0 aliphatic rings. The molecular formula is C74H59N6+. The molecule has 6 heteroatoms. The molecule has 0 atom stereocenters. The molecule has 12 aromatic rings. The van der Waals surface area contributed by atoms with Crippen LogP contribution in [-0.2, 0) is 5.41 Å². The summed E-state index contributed by atoms with van der Waals surface area (Å²) in [4.78, 5) is 0. The van der Waals surface area contributed by atoms with Gasteiger partial charge in [0.05, 0.1) is 28.0 Å². The van der Waals surface area contributed by atoms with Crippen molar-refractivity contribution in [3.8, 4) is 0 Å². The van der Waals surface area contributed by atoms with Crippen LogP contribution in [0.3, 0.4) is 0 Å². The van der Waals surface area contributed by atoms with Crippen molar-refractivity contribution >= 4 is 68.2 Å². The Morgan fingerprint density at radius 3 is 0.487 bits per heavy atom. The molecule has 0 aromatic heterocycles. The SMILES string of the molecule is c1ccc(Nc2ccc([C+](c3ccc(Nc4ccccc4)cc3)c3ccc(Nc4ccc(C(c5ccc(Nc6ccccc6)cc5)(c5ccc(Nc6ccccc6)cc5)c5ccc(Nc6ccccc6)cc5)cc4)cc3)cc2)cc1. The summed E-state index contributed by atoms with van der Waals surface area (Å²) in [5.74, 6) is 1.14. The number of rotatable bonds is 19. The fraction of sp³-hybridized carbons (Fsp3) is 0.0135. The molecule has 384 valence electrons. The van der Waals surface area contributed by atoms with Crippen LogP contribution in [0, 0.1) is 5.92 Å². The zero-order valence-electron chi connectivity index (χ0n) is 44.1. The monoisotopic (exact) mass is 1030 g/mol. The van der Waals surface area contributed by atoms with E-state index in [1.807, 2.05) is 54.6 Å². The quantitative estimate of drug-likeness (QED) is 0.0358. The second-order valence-electron chi connectivity index (χ2n) is 19.7. The zero-order valence-corrected chi connectivity index (χ0v) is 44.1. The molecule has 0 fully saturated rings. The molecule has 12 rings (SSSR count). The molecule has 0 amide bonds. The van der Waals surface area contributed by atoms with Gasteiger partial charge in [-0.3, -0.25) is 0 Å². The lowest BCUT2D eigenvalue weighted by atomic mass is 9.65. The van der Waals surface area contributed by atoms with Crippen molar-refractivity contribution in [2.45, 2.75) is 5.41 Å². The van der Waals surface area contributed by atoms with Crippen LogP contribution in [0.25, 0.3) is 0 Å². The van der Waals surface area contributed by atoms with E-state index in [-0.39, 0.29) is 0 Å². The first-order valence-electron chi connectivity index (χ1n) is 27.1. The molecule has 6 N–H and O–H groups in total. The average molecular weight is 1030 g/mol. The lowest BCUT2D eigenvalue weighted by molar-refractivity contribution is 0.745. The maximum Gasteiger partial charge on any atom is 0.0701 e. The largest absolute Gasteiger partial charge is 0.356 e. The summed E-state index contributed by atoms with van der Waals surface area (Å²) < 4.78 is 0. The van der Waals surface area contributed by atoms with Crippen molar-refractivity contribution in [3.63, 3.8) is 0 Å². The highest BCUT2D eigenvalue weighted by Crippen LogP contribution is 2.47.